The summed E-state index contributed by atoms with van der Waals surface area (Å²) in [6.45, 7) is 2.04. The van der Waals surface area contributed by atoms with Gasteiger partial charge in [0.05, 0.1) is 57.0 Å². The predicted octanol–water partition coefficient (Wildman–Crippen LogP) is 5.75. The summed E-state index contributed by atoms with van der Waals surface area (Å²) in [5.41, 5.74) is 15.0. The van der Waals surface area contributed by atoms with Crippen LogP contribution in [0.1, 0.15) is 109 Å². The van der Waals surface area contributed by atoms with Crippen LogP contribution in [0.25, 0.3) is 22.6 Å². The van der Waals surface area contributed by atoms with Gasteiger partial charge in [0.2, 0.25) is 0 Å². The molecule has 3 aliphatic carbocycles. The summed E-state index contributed by atoms with van der Waals surface area (Å²) < 4.78 is 21.3. The zero-order valence-electron chi connectivity index (χ0n) is 51.3. The van der Waals surface area contributed by atoms with Crippen LogP contribution in [0.3, 0.4) is 0 Å². The van der Waals surface area contributed by atoms with E-state index in [4.69, 9.17) is 65.6 Å². The molecule has 3 aliphatic rings. The summed E-state index contributed by atoms with van der Waals surface area (Å²) >= 11 is 17.6. The molecule has 508 valence electrons. The Bertz CT molecular complexity index is 4140. The molecule has 15 N–H and O–H groups in total. The Kier molecular flexibility index (Phi) is 32.7. The first-order valence-corrected chi connectivity index (χ1v) is 28.8. The number of anilines is 7. The van der Waals surface area contributed by atoms with Crippen LogP contribution in [0, 0.1) is 0 Å². The van der Waals surface area contributed by atoms with E-state index in [0.29, 0.717) is 92.2 Å². The van der Waals surface area contributed by atoms with Crippen LogP contribution in [0.4, 0.5) is 40.5 Å². The quantitative estimate of drug-likeness (QED) is 0.0253. The number of carboxylic acid groups (broad SMARTS) is 1. The maximum Gasteiger partial charge on any atom is 1.00 e. The zero-order valence-corrected chi connectivity index (χ0v) is 53.6. The number of nitrogens with two attached hydrogens (primary N) is 2. The van der Waals surface area contributed by atoms with Crippen molar-refractivity contribution >= 4 is 122 Å². The Hall–Kier alpha value is -9.45. The van der Waals surface area contributed by atoms with Crippen molar-refractivity contribution in [3.63, 3.8) is 0 Å². The standard InChI is InChI=1S/C18H20N6O2.C11H12ClN5O.C10H11ClN4O2.C8H7ClN4O2.C7H9NO.C3H7N.3CH4.Li.2H2O/c1-19-16-9-15(22-13-5-3-4-6-14(13)26-2)23-17-12(10-20-24(16)17)18(25)21-11-7-8-11;1-13-9-4-8(12)16-10-7(5-14-17(9)10)11(18)15-6-2-3-6;1-3-17-10(16)6-5-13-15-8(12-2)4-7(11)14-9(6)15;1-10-6-2-5(9)12-7-4(8(14)15)3-11-13(6)7;1-9-7-5-3-2-4-6(7)8;4-3-1-2-3;;;;;;/h3-6,9-11,19H,7-8H2,1-2H3,(H,21,25)(H,22,23);4-6,13H,2-3H2,1H3,(H,15,18);4-5,12H,3H2,1-2H3;2-3,10H,1H3,(H,14,15);2-5H,8H2,1H3;3H,1-2,4H2;3*1H4;;2*1H2/q;;;;;;;;;+1;;/p-1. The molecular formula is C60H81Cl3LiN21O10. The molecule has 0 atom stereocenters. The number of rotatable bonds is 15. The molecule has 0 unspecified atom stereocenters. The number of esters is 1. The molecule has 10 aromatic rings. The largest absolute Gasteiger partial charge is 1.00 e. The number of halogens is 3. The van der Waals surface area contributed by atoms with Crippen molar-refractivity contribution in [2.45, 2.75) is 85.9 Å². The summed E-state index contributed by atoms with van der Waals surface area (Å²) in [7, 11) is 10.2. The molecule has 8 heterocycles. The van der Waals surface area contributed by atoms with Gasteiger partial charge in [-0.25, -0.2) is 29.5 Å². The molecule has 95 heavy (non-hydrogen) atoms. The third-order valence-electron chi connectivity index (χ3n) is 13.0. The van der Waals surface area contributed by atoms with Gasteiger partial charge in [-0.1, -0.05) is 81.3 Å². The van der Waals surface area contributed by atoms with Crippen LogP contribution in [0.15, 0.2) is 97.6 Å². The molecule has 8 aromatic heterocycles. The molecule has 35 heteroatoms. The van der Waals surface area contributed by atoms with Gasteiger partial charge in [0.1, 0.15) is 78.3 Å². The Labute approximate surface area is 575 Å². The number of methoxy groups -OCH3 is 2. The second kappa shape index (κ2) is 38.0. The van der Waals surface area contributed by atoms with Gasteiger partial charge in [-0.3, -0.25) is 9.59 Å². The number of carbonyl (C=O) groups excluding carboxylic acids is 3. The van der Waals surface area contributed by atoms with Crippen molar-refractivity contribution < 1.29 is 68.3 Å². The van der Waals surface area contributed by atoms with E-state index < -0.39 is 11.9 Å². The number of amides is 2. The third kappa shape index (κ3) is 21.3. The molecule has 31 nitrogen and oxygen atoms in total. The summed E-state index contributed by atoms with van der Waals surface area (Å²) in [5, 5.41) is 47.1. The van der Waals surface area contributed by atoms with E-state index in [1.165, 1.54) is 40.5 Å². The molecular weight excluding hydrogens is 1290 g/mol. The number of carboxylic acids is 1. The molecule has 3 saturated carbocycles. The number of nitrogens with zero attached hydrogens (tertiary/aromatic N) is 12. The van der Waals surface area contributed by atoms with Crippen LogP contribution in [0.5, 0.6) is 11.5 Å². The number of benzene rings is 2. The first kappa shape index (κ1) is 81.6. The van der Waals surface area contributed by atoms with Gasteiger partial charge in [0.15, 0.2) is 22.6 Å². The molecule has 0 saturated heterocycles. The van der Waals surface area contributed by atoms with E-state index in [9.17, 15) is 19.2 Å². The number of aromatic nitrogens is 12. The first-order chi connectivity index (χ1) is 42.9. The van der Waals surface area contributed by atoms with Crippen molar-refractivity contribution in [2.24, 2.45) is 5.73 Å². The van der Waals surface area contributed by atoms with Crippen molar-refractivity contribution in [3.05, 3.63) is 135 Å². The van der Waals surface area contributed by atoms with E-state index in [1.54, 1.807) is 88.8 Å². The molecule has 0 bridgehead atoms. The maximum absolute atomic E-state index is 12.5. The molecule has 0 radical (unpaired) electrons. The molecule has 2 amide bonds. The average molecular weight is 1370 g/mol. The Balaban J connectivity index is 0.000000403. The van der Waals surface area contributed by atoms with Crippen molar-refractivity contribution in [1.29, 1.82) is 0 Å². The number of ether oxygens (including phenoxy) is 3. The number of nitrogens with one attached hydrogen (secondary N) is 7. The second-order valence-electron chi connectivity index (χ2n) is 19.5. The maximum atomic E-state index is 12.5. The van der Waals surface area contributed by atoms with Crippen LogP contribution in [0.2, 0.25) is 15.5 Å². The van der Waals surface area contributed by atoms with E-state index in [2.05, 4.69) is 77.5 Å². The van der Waals surface area contributed by atoms with Crippen LogP contribution in [-0.4, -0.2) is 165 Å². The number of aromatic carboxylic acids is 1. The number of nitrogen functional groups attached to an aromatic ring is 1. The molecule has 3 fully saturated rings. The van der Waals surface area contributed by atoms with E-state index in [-0.39, 0.29) is 91.5 Å². The molecule has 0 aliphatic heterocycles. The van der Waals surface area contributed by atoms with Gasteiger partial charge in [-0.15, -0.1) is 0 Å². The monoisotopic (exact) mass is 1370 g/mol. The average Bonchev–Trinajstić information content (AvgIpc) is 1.74. The van der Waals surface area contributed by atoms with Gasteiger partial charge in [-0.2, -0.15) is 38.5 Å². The van der Waals surface area contributed by atoms with Crippen LogP contribution >= 0.6 is 34.8 Å². The van der Waals surface area contributed by atoms with Gasteiger partial charge in [0.25, 0.3) is 11.8 Å². The number of hydrogen-bond acceptors (Lipinski definition) is 23. The summed E-state index contributed by atoms with van der Waals surface area (Å²) in [5.74, 6) is 2.84. The number of para-hydroxylation sites is 4. The topological polar surface area (TPSA) is 435 Å². The Morgan fingerprint density at radius 3 is 1.29 bits per heavy atom. The SMILES string of the molecule is C.C.C.CCOC(=O)c1cnn2c(NC)cc(Cl)nc12.CNc1cc(Cl)nc2c(C(=O)NC3CC3)cnn12.CNc1cc(Cl)nc2c(C(=O)O)cnn12.CNc1cc(Nc2ccccc2OC)nc2c(C(=O)NC3CC3)cnn12.COc1ccccc1N.NC1CC1.O.[Li+].[OH-]. The van der Waals surface area contributed by atoms with Gasteiger partial charge >= 0.3 is 30.8 Å². The van der Waals surface area contributed by atoms with Crippen molar-refractivity contribution in [3.8, 4) is 11.5 Å². The minimum atomic E-state index is -1.08. The summed E-state index contributed by atoms with van der Waals surface area (Å²) in [6, 6.07) is 22.8. The number of hydrogen-bond donors (Lipinski definition) is 10. The molecule has 2 aromatic carbocycles. The van der Waals surface area contributed by atoms with Crippen molar-refractivity contribution in [2.75, 3.05) is 81.3 Å². The molecule has 13 rings (SSSR count). The van der Waals surface area contributed by atoms with Gasteiger partial charge in [-0.05, 0) is 69.7 Å². The van der Waals surface area contributed by atoms with E-state index in [0.717, 1.165) is 42.9 Å². The Morgan fingerprint density at radius 2 is 0.926 bits per heavy atom. The van der Waals surface area contributed by atoms with E-state index >= 15 is 0 Å². The van der Waals surface area contributed by atoms with Crippen LogP contribution < -0.4 is 77.0 Å². The number of fused-ring (bicyclic) bond motifs is 4. The normalized spacial score (nSPS) is 12.0. The first-order valence-electron chi connectivity index (χ1n) is 27.7. The minimum absolute atomic E-state index is 0. The number of carbonyl (C=O) groups is 4. The van der Waals surface area contributed by atoms with Crippen molar-refractivity contribution in [1.82, 2.24) is 69.0 Å². The molecule has 0 spiro atoms. The third-order valence-corrected chi connectivity index (χ3v) is 13.6. The summed E-state index contributed by atoms with van der Waals surface area (Å²) in [4.78, 5) is 63.7. The smallest absolute Gasteiger partial charge is 0.870 e. The van der Waals surface area contributed by atoms with Gasteiger partial charge < -0.3 is 79.0 Å². The fourth-order valence-electron chi connectivity index (χ4n) is 7.99. The van der Waals surface area contributed by atoms with E-state index in [1.807, 2.05) is 48.5 Å². The zero-order chi connectivity index (χ0) is 63.9. The fraction of sp³-hybridized carbons (Fsp3) is 0.333. The summed E-state index contributed by atoms with van der Waals surface area (Å²) in [6.07, 6.45) is 12.4. The van der Waals surface area contributed by atoms with Gasteiger partial charge in [0, 0.05) is 70.6 Å². The predicted molar refractivity (Wildman–Crippen MR) is 366 cm³/mol. The van der Waals surface area contributed by atoms with Crippen LogP contribution in [-0.2, 0) is 4.74 Å². The fourth-order valence-corrected chi connectivity index (χ4v) is 8.54. The minimum Gasteiger partial charge on any atom is -0.870 e. The Morgan fingerprint density at radius 1 is 0.568 bits per heavy atom. The second-order valence-corrected chi connectivity index (χ2v) is 20.7.